The van der Waals surface area contributed by atoms with Crippen LogP contribution >= 0.6 is 11.8 Å². The quantitative estimate of drug-likeness (QED) is 0.768. The Bertz CT molecular complexity index is 598. The number of thioether (sulfide) groups is 1. The third-order valence-electron chi connectivity index (χ3n) is 2.72. The summed E-state index contributed by atoms with van der Waals surface area (Å²) in [5.41, 5.74) is 0. The van der Waals surface area contributed by atoms with Gasteiger partial charge in [0.2, 0.25) is 0 Å². The second kappa shape index (κ2) is 6.65. The van der Waals surface area contributed by atoms with E-state index in [9.17, 15) is 9.18 Å². The number of hydrogen-bond donors (Lipinski definition) is 0. The summed E-state index contributed by atoms with van der Waals surface area (Å²) in [5, 5.41) is 4.09. The molecular weight excluding hydrogens is 277 g/mol. The Kier molecular flexibility index (Phi) is 4.89. The first-order valence-corrected chi connectivity index (χ1v) is 7.34. The molecule has 0 aliphatic heterocycles. The van der Waals surface area contributed by atoms with Crippen LogP contribution in [-0.2, 0) is 11.2 Å². The molecule has 0 saturated heterocycles. The average molecular weight is 293 g/mol. The number of hydrogen-bond acceptors (Lipinski definition) is 4. The van der Waals surface area contributed by atoms with Crippen molar-refractivity contribution in [3.8, 4) is 0 Å². The van der Waals surface area contributed by atoms with Gasteiger partial charge < -0.3 is 0 Å². The van der Waals surface area contributed by atoms with Gasteiger partial charge in [0.1, 0.15) is 18.0 Å². The van der Waals surface area contributed by atoms with E-state index in [-0.39, 0.29) is 29.8 Å². The first-order valence-electron chi connectivity index (χ1n) is 6.35. The summed E-state index contributed by atoms with van der Waals surface area (Å²) in [4.78, 5) is 16.5. The molecule has 0 fully saturated rings. The van der Waals surface area contributed by atoms with E-state index in [1.54, 1.807) is 22.9 Å². The summed E-state index contributed by atoms with van der Waals surface area (Å²) in [5.74, 6) is 0.592. The van der Waals surface area contributed by atoms with E-state index in [4.69, 9.17) is 0 Å². The van der Waals surface area contributed by atoms with Crippen molar-refractivity contribution in [3.63, 3.8) is 0 Å². The molecule has 0 N–H and O–H groups in total. The fourth-order valence-corrected chi connectivity index (χ4v) is 2.58. The van der Waals surface area contributed by atoms with Crippen LogP contribution in [0.2, 0.25) is 0 Å². The van der Waals surface area contributed by atoms with Crippen LogP contribution in [0.4, 0.5) is 4.39 Å². The number of carbonyl (C=O) groups is 1. The van der Waals surface area contributed by atoms with Crippen LogP contribution in [0.1, 0.15) is 25.7 Å². The van der Waals surface area contributed by atoms with Crippen molar-refractivity contribution in [1.29, 1.82) is 0 Å². The second-order valence-corrected chi connectivity index (χ2v) is 5.67. The number of benzene rings is 1. The minimum Gasteiger partial charge on any atom is -0.298 e. The Hall–Kier alpha value is -1.69. The van der Waals surface area contributed by atoms with Crippen LogP contribution < -0.4 is 0 Å². The van der Waals surface area contributed by atoms with Gasteiger partial charge in [0.15, 0.2) is 5.78 Å². The van der Waals surface area contributed by atoms with Gasteiger partial charge in [0.25, 0.3) is 0 Å². The van der Waals surface area contributed by atoms with Crippen molar-refractivity contribution in [1.82, 2.24) is 14.8 Å². The molecule has 2 aromatic rings. The zero-order valence-corrected chi connectivity index (χ0v) is 12.2. The predicted molar refractivity (Wildman–Crippen MR) is 76.2 cm³/mol. The molecule has 0 unspecified atom stereocenters. The van der Waals surface area contributed by atoms with Crippen LogP contribution in [0.5, 0.6) is 0 Å². The number of carbonyl (C=O) groups excluding carboxylic acids is 1. The molecule has 1 aromatic heterocycles. The van der Waals surface area contributed by atoms with Crippen molar-refractivity contribution in [2.24, 2.45) is 0 Å². The van der Waals surface area contributed by atoms with Crippen LogP contribution in [0.3, 0.4) is 0 Å². The molecule has 4 nitrogen and oxygen atoms in total. The predicted octanol–water partition coefficient (Wildman–Crippen LogP) is 2.90. The maximum Gasteiger partial charge on any atom is 0.150 e. The molecule has 1 heterocycles. The van der Waals surface area contributed by atoms with E-state index in [1.807, 2.05) is 13.8 Å². The number of aromatic nitrogens is 3. The summed E-state index contributed by atoms with van der Waals surface area (Å²) in [7, 11) is 0. The van der Waals surface area contributed by atoms with Gasteiger partial charge in [-0.1, -0.05) is 12.1 Å². The van der Waals surface area contributed by atoms with Crippen LogP contribution in [0, 0.1) is 5.82 Å². The molecule has 106 valence electrons. The smallest absolute Gasteiger partial charge is 0.150 e. The highest BCUT2D eigenvalue weighted by atomic mass is 32.2. The van der Waals surface area contributed by atoms with E-state index in [0.29, 0.717) is 10.7 Å². The van der Waals surface area contributed by atoms with Crippen LogP contribution in [-0.4, -0.2) is 26.3 Å². The van der Waals surface area contributed by atoms with Gasteiger partial charge in [-0.25, -0.2) is 14.1 Å². The van der Waals surface area contributed by atoms with Gasteiger partial charge in [0.05, 0.1) is 12.2 Å². The van der Waals surface area contributed by atoms with Gasteiger partial charge in [-0.15, -0.1) is 11.8 Å². The first kappa shape index (κ1) is 14.7. The van der Waals surface area contributed by atoms with Gasteiger partial charge in [0, 0.05) is 10.9 Å². The fourth-order valence-electron chi connectivity index (χ4n) is 1.78. The van der Waals surface area contributed by atoms with E-state index >= 15 is 0 Å². The monoisotopic (exact) mass is 293 g/mol. The Morgan fingerprint density at radius 1 is 1.40 bits per heavy atom. The Morgan fingerprint density at radius 2 is 2.15 bits per heavy atom. The molecular formula is C14H16FN3OS. The third-order valence-corrected chi connectivity index (χ3v) is 3.83. The molecule has 6 heteroatoms. The minimum atomic E-state index is -0.296. The van der Waals surface area contributed by atoms with Crippen LogP contribution in [0.25, 0.3) is 0 Å². The fraction of sp³-hybridized carbons (Fsp3) is 0.357. The SMILES string of the molecule is CC(C)n1ncnc1CC(=O)CSc1ccccc1F. The molecule has 0 saturated carbocycles. The van der Waals surface area contributed by atoms with Crippen LogP contribution in [0.15, 0.2) is 35.5 Å². The molecule has 0 bridgehead atoms. The highest BCUT2D eigenvalue weighted by molar-refractivity contribution is 8.00. The summed E-state index contributed by atoms with van der Waals surface area (Å²) >= 11 is 1.21. The van der Waals surface area contributed by atoms with Crippen molar-refractivity contribution in [2.75, 3.05) is 5.75 Å². The Labute approximate surface area is 121 Å². The molecule has 2 rings (SSSR count). The normalized spacial score (nSPS) is 11.0. The minimum absolute atomic E-state index is 0.00755. The van der Waals surface area contributed by atoms with E-state index < -0.39 is 0 Å². The molecule has 0 amide bonds. The standard InChI is InChI=1S/C14H16FN3OS/c1-10(2)18-14(16-9-17-18)7-11(19)8-20-13-6-4-3-5-12(13)15/h3-6,9-10H,7-8H2,1-2H3. The lowest BCUT2D eigenvalue weighted by Gasteiger charge is -2.08. The molecule has 20 heavy (non-hydrogen) atoms. The first-order chi connectivity index (χ1) is 9.58. The Balaban J connectivity index is 1.93. The summed E-state index contributed by atoms with van der Waals surface area (Å²) in [6, 6.07) is 6.61. The number of halogens is 1. The topological polar surface area (TPSA) is 47.8 Å². The summed E-state index contributed by atoms with van der Waals surface area (Å²) in [6.45, 7) is 3.97. The molecule has 0 radical (unpaired) electrons. The lowest BCUT2D eigenvalue weighted by molar-refractivity contribution is -0.116. The van der Waals surface area contributed by atoms with Gasteiger partial charge >= 0.3 is 0 Å². The summed E-state index contributed by atoms with van der Waals surface area (Å²) in [6.07, 6.45) is 1.67. The zero-order chi connectivity index (χ0) is 14.5. The number of rotatable bonds is 6. The van der Waals surface area contributed by atoms with E-state index in [1.165, 1.54) is 24.2 Å². The number of ketones is 1. The zero-order valence-electron chi connectivity index (χ0n) is 11.4. The van der Waals surface area contributed by atoms with Crippen molar-refractivity contribution < 1.29 is 9.18 Å². The molecule has 1 aromatic carbocycles. The average Bonchev–Trinajstić information content (AvgIpc) is 2.86. The molecule has 0 aliphatic rings. The third kappa shape index (κ3) is 3.66. The summed E-state index contributed by atoms with van der Waals surface area (Å²) < 4.78 is 15.2. The van der Waals surface area contributed by atoms with E-state index in [0.717, 1.165) is 0 Å². The van der Waals surface area contributed by atoms with Gasteiger partial charge in [-0.05, 0) is 26.0 Å². The Morgan fingerprint density at radius 3 is 2.85 bits per heavy atom. The largest absolute Gasteiger partial charge is 0.298 e. The number of nitrogens with zero attached hydrogens (tertiary/aromatic N) is 3. The highest BCUT2D eigenvalue weighted by Crippen LogP contribution is 2.21. The maximum atomic E-state index is 13.4. The van der Waals surface area contributed by atoms with E-state index in [2.05, 4.69) is 10.1 Å². The van der Waals surface area contributed by atoms with Crippen molar-refractivity contribution in [3.05, 3.63) is 42.2 Å². The lowest BCUT2D eigenvalue weighted by atomic mass is 10.3. The van der Waals surface area contributed by atoms with Crippen molar-refractivity contribution in [2.45, 2.75) is 31.2 Å². The van der Waals surface area contributed by atoms with Crippen molar-refractivity contribution >= 4 is 17.5 Å². The lowest BCUT2D eigenvalue weighted by Crippen LogP contribution is -2.14. The number of Topliss-reactive ketones (excluding diaryl/α,β-unsaturated/α-hetero) is 1. The maximum absolute atomic E-state index is 13.4. The molecule has 0 aliphatic carbocycles. The molecule has 0 spiro atoms. The molecule has 0 atom stereocenters. The highest BCUT2D eigenvalue weighted by Gasteiger charge is 2.13. The second-order valence-electron chi connectivity index (χ2n) is 4.65. The van der Waals surface area contributed by atoms with Gasteiger partial charge in [-0.3, -0.25) is 4.79 Å². The van der Waals surface area contributed by atoms with Gasteiger partial charge in [-0.2, -0.15) is 5.10 Å².